The van der Waals surface area contributed by atoms with Crippen LogP contribution in [0.1, 0.15) is 22.5 Å². The zero-order valence-corrected chi connectivity index (χ0v) is 18.4. The molecule has 0 N–H and O–H groups in total. The fraction of sp³-hybridized carbons (Fsp3) is 0.0526. The van der Waals surface area contributed by atoms with E-state index >= 15 is 0 Å². The Hall–Kier alpha value is -2.13. The van der Waals surface area contributed by atoms with Crippen LogP contribution in [0.25, 0.3) is 0 Å². The second kappa shape index (κ2) is 10.3. The molecule has 0 atom stereocenters. The predicted molar refractivity (Wildman–Crippen MR) is 110 cm³/mol. The molecule has 0 aliphatic carbocycles. The summed E-state index contributed by atoms with van der Waals surface area (Å²) in [6.07, 6.45) is 3.91. The SMILES string of the molecule is N#Cc1ncc(Br)cc1Br.N#Cc1ncc(Cc2ccc(F)cc2)cc1Br. The van der Waals surface area contributed by atoms with Gasteiger partial charge in [0.1, 0.15) is 18.0 Å². The number of pyridine rings is 2. The van der Waals surface area contributed by atoms with Crippen molar-refractivity contribution >= 4 is 47.8 Å². The lowest BCUT2D eigenvalue weighted by molar-refractivity contribution is 0.627. The van der Waals surface area contributed by atoms with E-state index < -0.39 is 0 Å². The number of benzene rings is 1. The second-order valence-corrected chi connectivity index (χ2v) is 7.81. The number of aromatic nitrogens is 2. The third-order valence-corrected chi connectivity index (χ3v) is 4.88. The van der Waals surface area contributed by atoms with E-state index in [1.54, 1.807) is 30.6 Å². The lowest BCUT2D eigenvalue weighted by atomic mass is 10.1. The number of rotatable bonds is 2. The first-order valence-electron chi connectivity index (χ1n) is 7.43. The molecule has 3 aromatic rings. The Balaban J connectivity index is 0.000000223. The van der Waals surface area contributed by atoms with Gasteiger partial charge in [0.25, 0.3) is 0 Å². The van der Waals surface area contributed by atoms with Crippen LogP contribution in [0.2, 0.25) is 0 Å². The molecule has 1 aromatic carbocycles. The van der Waals surface area contributed by atoms with Gasteiger partial charge in [-0.15, -0.1) is 0 Å². The minimum Gasteiger partial charge on any atom is -0.244 e. The van der Waals surface area contributed by atoms with Gasteiger partial charge in [-0.05, 0) is 89.6 Å². The molecule has 0 aliphatic rings. The standard InChI is InChI=1S/C13H8BrFN2.C6H2Br2N2/c14-12-6-10(8-17-13(12)7-16)5-9-1-3-11(15)4-2-9;7-4-1-5(8)6(2-9)10-3-4/h1-4,6,8H,5H2;1,3H. The quantitative estimate of drug-likeness (QED) is 0.395. The highest BCUT2D eigenvalue weighted by atomic mass is 79.9. The number of halogens is 4. The molecule has 0 radical (unpaired) electrons. The lowest BCUT2D eigenvalue weighted by Gasteiger charge is -2.03. The van der Waals surface area contributed by atoms with Crippen molar-refractivity contribution in [3.8, 4) is 12.1 Å². The molecule has 0 saturated carbocycles. The topological polar surface area (TPSA) is 73.4 Å². The molecule has 0 bridgehead atoms. The van der Waals surface area contributed by atoms with Gasteiger partial charge in [-0.1, -0.05) is 12.1 Å². The summed E-state index contributed by atoms with van der Waals surface area (Å²) in [5, 5.41) is 17.2. The van der Waals surface area contributed by atoms with Gasteiger partial charge in [0, 0.05) is 16.9 Å². The van der Waals surface area contributed by atoms with E-state index in [0.717, 1.165) is 15.6 Å². The summed E-state index contributed by atoms with van der Waals surface area (Å²) < 4.78 is 15.0. The minimum atomic E-state index is -0.243. The van der Waals surface area contributed by atoms with Crippen molar-refractivity contribution in [2.45, 2.75) is 6.42 Å². The molecule has 0 spiro atoms. The van der Waals surface area contributed by atoms with Crippen LogP contribution in [0.5, 0.6) is 0 Å². The van der Waals surface area contributed by atoms with Crippen LogP contribution in [-0.2, 0) is 6.42 Å². The Morgan fingerprint density at radius 1 is 0.815 bits per heavy atom. The fourth-order valence-corrected chi connectivity index (χ4v) is 3.55. The van der Waals surface area contributed by atoms with E-state index in [2.05, 4.69) is 57.8 Å². The van der Waals surface area contributed by atoms with E-state index in [-0.39, 0.29) is 5.82 Å². The second-order valence-electron chi connectivity index (χ2n) is 5.18. The molecule has 4 nitrogen and oxygen atoms in total. The summed E-state index contributed by atoms with van der Waals surface area (Å²) in [5.74, 6) is -0.243. The smallest absolute Gasteiger partial charge is 0.154 e. The van der Waals surface area contributed by atoms with Gasteiger partial charge in [-0.2, -0.15) is 10.5 Å². The van der Waals surface area contributed by atoms with Crippen LogP contribution in [0.15, 0.2) is 62.2 Å². The Morgan fingerprint density at radius 2 is 1.37 bits per heavy atom. The third-order valence-electron chi connectivity index (χ3n) is 3.24. The first-order valence-corrected chi connectivity index (χ1v) is 9.81. The number of hydrogen-bond donors (Lipinski definition) is 0. The van der Waals surface area contributed by atoms with Crippen molar-refractivity contribution in [1.29, 1.82) is 10.5 Å². The molecule has 8 heteroatoms. The molecule has 3 rings (SSSR count). The first-order chi connectivity index (χ1) is 12.9. The molecule has 134 valence electrons. The van der Waals surface area contributed by atoms with Crippen LogP contribution >= 0.6 is 47.8 Å². The Bertz CT molecular complexity index is 1020. The monoisotopic (exact) mass is 550 g/mol. The normalized spacial score (nSPS) is 9.56. The zero-order chi connectivity index (χ0) is 19.8. The summed E-state index contributed by atoms with van der Waals surface area (Å²) in [5.41, 5.74) is 2.75. The number of hydrogen-bond acceptors (Lipinski definition) is 4. The molecule has 2 heterocycles. The van der Waals surface area contributed by atoms with Gasteiger partial charge >= 0.3 is 0 Å². The molecule has 27 heavy (non-hydrogen) atoms. The van der Waals surface area contributed by atoms with Gasteiger partial charge in [-0.25, -0.2) is 14.4 Å². The summed E-state index contributed by atoms with van der Waals surface area (Å²) in [7, 11) is 0. The number of nitriles is 2. The largest absolute Gasteiger partial charge is 0.244 e. The highest BCUT2D eigenvalue weighted by molar-refractivity contribution is 9.11. The summed E-state index contributed by atoms with van der Waals surface area (Å²) in [6.45, 7) is 0. The average molecular weight is 553 g/mol. The maximum atomic E-state index is 12.7. The van der Waals surface area contributed by atoms with Gasteiger partial charge < -0.3 is 0 Å². The molecule has 0 aliphatic heterocycles. The van der Waals surface area contributed by atoms with Crippen LogP contribution in [-0.4, -0.2) is 9.97 Å². The molecule has 0 fully saturated rings. The predicted octanol–water partition coefficient (Wildman–Crippen LogP) is 5.92. The van der Waals surface area contributed by atoms with Crippen molar-refractivity contribution in [1.82, 2.24) is 9.97 Å². The molecule has 2 aromatic heterocycles. The molecular formula is C19H10Br3FN4. The van der Waals surface area contributed by atoms with Crippen LogP contribution in [0.3, 0.4) is 0 Å². The molecule has 0 amide bonds. The van der Waals surface area contributed by atoms with Crippen molar-refractivity contribution in [2.75, 3.05) is 0 Å². The summed E-state index contributed by atoms with van der Waals surface area (Å²) in [6, 6.07) is 13.9. The highest BCUT2D eigenvalue weighted by Gasteiger charge is 2.03. The lowest BCUT2D eigenvalue weighted by Crippen LogP contribution is -1.92. The van der Waals surface area contributed by atoms with Crippen molar-refractivity contribution in [2.24, 2.45) is 0 Å². The number of nitrogens with zero attached hydrogens (tertiary/aromatic N) is 4. The average Bonchev–Trinajstić information content (AvgIpc) is 2.64. The van der Waals surface area contributed by atoms with Crippen molar-refractivity contribution < 1.29 is 4.39 Å². The Labute approximate surface area is 181 Å². The van der Waals surface area contributed by atoms with E-state index in [4.69, 9.17) is 10.5 Å². The van der Waals surface area contributed by atoms with Gasteiger partial charge in [-0.3, -0.25) is 0 Å². The van der Waals surface area contributed by atoms with Crippen molar-refractivity contribution in [3.05, 3.63) is 90.5 Å². The van der Waals surface area contributed by atoms with Crippen LogP contribution in [0, 0.1) is 28.5 Å². The minimum absolute atomic E-state index is 0.243. The summed E-state index contributed by atoms with van der Waals surface area (Å²) in [4.78, 5) is 7.87. The fourth-order valence-electron chi connectivity index (χ4n) is 1.99. The van der Waals surface area contributed by atoms with Gasteiger partial charge in [0.05, 0.1) is 8.95 Å². The third kappa shape index (κ3) is 6.51. The maximum Gasteiger partial charge on any atom is 0.154 e. The molecular weight excluding hydrogens is 543 g/mol. The van der Waals surface area contributed by atoms with E-state index in [1.165, 1.54) is 12.1 Å². The van der Waals surface area contributed by atoms with E-state index in [0.29, 0.717) is 26.8 Å². The van der Waals surface area contributed by atoms with Crippen LogP contribution in [0.4, 0.5) is 4.39 Å². The Morgan fingerprint density at radius 3 is 1.89 bits per heavy atom. The maximum absolute atomic E-state index is 12.7. The molecule has 0 unspecified atom stereocenters. The van der Waals surface area contributed by atoms with Gasteiger partial charge in [0.2, 0.25) is 0 Å². The van der Waals surface area contributed by atoms with Crippen molar-refractivity contribution in [3.63, 3.8) is 0 Å². The van der Waals surface area contributed by atoms with Gasteiger partial charge in [0.15, 0.2) is 11.4 Å². The molecule has 0 saturated heterocycles. The Kier molecular flexibility index (Phi) is 8.05. The zero-order valence-electron chi connectivity index (χ0n) is 13.6. The summed E-state index contributed by atoms with van der Waals surface area (Å²) >= 11 is 9.70. The van der Waals surface area contributed by atoms with E-state index in [9.17, 15) is 4.39 Å². The first kappa shape index (κ1) is 21.2. The van der Waals surface area contributed by atoms with Crippen LogP contribution < -0.4 is 0 Å². The highest BCUT2D eigenvalue weighted by Crippen LogP contribution is 2.19. The van der Waals surface area contributed by atoms with E-state index in [1.807, 2.05) is 18.2 Å².